The number of nitrogens with one attached hydrogen (secondary N) is 1. The third-order valence-corrected chi connectivity index (χ3v) is 1.41. The van der Waals surface area contributed by atoms with Gasteiger partial charge in [0.1, 0.15) is 0 Å². The van der Waals surface area contributed by atoms with Crippen molar-refractivity contribution in [3.05, 3.63) is 23.8 Å². The van der Waals surface area contributed by atoms with Crippen LogP contribution in [0.4, 0.5) is 0 Å². The van der Waals surface area contributed by atoms with Crippen LogP contribution in [0.5, 0.6) is 11.5 Å². The maximum absolute atomic E-state index is 9.31. The largest absolute Gasteiger partial charge is 2.00 e. The molecule has 2 N–H and O–H groups in total. The van der Waals surface area contributed by atoms with Crippen LogP contribution in [0.3, 0.4) is 0 Å². The minimum absolute atomic E-state index is 0. The summed E-state index contributed by atoms with van der Waals surface area (Å²) in [4.78, 5) is 0. The van der Waals surface area contributed by atoms with E-state index in [-0.39, 0.29) is 47.6 Å². The molecule has 1 aromatic rings. The second kappa shape index (κ2) is 9.16. The number of phenolic OH excluding ortho intramolecular Hbond substituents is 1. The number of aromatic hydroxyl groups is 1. The van der Waals surface area contributed by atoms with Gasteiger partial charge in [0.25, 0.3) is 0 Å². The summed E-state index contributed by atoms with van der Waals surface area (Å²) in [6.45, 7) is 0. The van der Waals surface area contributed by atoms with Crippen molar-refractivity contribution < 1.29 is 51.7 Å². The van der Waals surface area contributed by atoms with Gasteiger partial charge >= 0.3 is 17.1 Å². The Hall–Kier alpha value is -0.411. The maximum Gasteiger partial charge on any atom is 2.00 e. The molecule has 0 amide bonds. The molecule has 79 valence electrons. The van der Waals surface area contributed by atoms with E-state index >= 15 is 0 Å². The molecule has 3 nitrogen and oxygen atoms in total. The molecule has 0 aliphatic carbocycles. The summed E-state index contributed by atoms with van der Waals surface area (Å²) in [5, 5.41) is 16.2. The van der Waals surface area contributed by atoms with Gasteiger partial charge in [0.2, 0.25) is 0 Å². The fourth-order valence-electron chi connectivity index (χ4n) is 0.820. The number of hydrogen-bond donors (Lipinski definition) is 2. The molecule has 0 aliphatic heterocycles. The third-order valence-electron chi connectivity index (χ3n) is 1.41. The van der Waals surface area contributed by atoms with Crippen molar-refractivity contribution in [3.8, 4) is 11.5 Å². The number of halogens is 2. The molecule has 0 fully saturated rings. The Morgan fingerprint density at radius 2 is 1.93 bits per heavy atom. The first kappa shape index (κ1) is 19.2. The van der Waals surface area contributed by atoms with Gasteiger partial charge < -0.3 is 40.1 Å². The number of ether oxygens (including phenoxy) is 1. The summed E-state index contributed by atoms with van der Waals surface area (Å²) in [5.41, 5.74) is 0.462. The standard InChI is InChI=1S/C8H9NO2.2ClH.Mn/c1-11-7-4-2-3-6(5-9)8(7)10;;;/h2-5,9-10H,1H3;2*1H;/q;;;+2/p-2. The first-order valence-electron chi connectivity index (χ1n) is 3.16. The topological polar surface area (TPSA) is 53.3 Å². The van der Waals surface area contributed by atoms with Gasteiger partial charge in [0, 0.05) is 11.8 Å². The van der Waals surface area contributed by atoms with E-state index in [4.69, 9.17) is 10.1 Å². The van der Waals surface area contributed by atoms with Crippen molar-refractivity contribution in [3.63, 3.8) is 0 Å². The van der Waals surface area contributed by atoms with E-state index in [2.05, 4.69) is 0 Å². The number of rotatable bonds is 2. The third kappa shape index (κ3) is 4.20. The zero-order chi connectivity index (χ0) is 8.27. The molecule has 1 rings (SSSR count). The summed E-state index contributed by atoms with van der Waals surface area (Å²) in [6, 6.07) is 5.01. The van der Waals surface area contributed by atoms with Crippen LogP contribution in [0.15, 0.2) is 18.2 Å². The van der Waals surface area contributed by atoms with E-state index < -0.39 is 0 Å². The van der Waals surface area contributed by atoms with Crippen LogP contribution in [0, 0.1) is 5.41 Å². The first-order valence-corrected chi connectivity index (χ1v) is 3.16. The fourth-order valence-corrected chi connectivity index (χ4v) is 0.820. The van der Waals surface area contributed by atoms with Gasteiger partial charge in [0.15, 0.2) is 11.5 Å². The molecule has 0 atom stereocenters. The molecule has 0 saturated heterocycles. The number of para-hydroxylation sites is 1. The van der Waals surface area contributed by atoms with E-state index in [1.165, 1.54) is 7.11 Å². The molecule has 0 bridgehead atoms. The minimum Gasteiger partial charge on any atom is -1.00 e. The molecule has 0 saturated carbocycles. The van der Waals surface area contributed by atoms with Crippen LogP contribution in [-0.4, -0.2) is 18.4 Å². The van der Waals surface area contributed by atoms with Gasteiger partial charge in [-0.3, -0.25) is 0 Å². The molecule has 0 aromatic heterocycles. The van der Waals surface area contributed by atoms with Gasteiger partial charge in [-0.25, -0.2) is 0 Å². The van der Waals surface area contributed by atoms with Crippen LogP contribution in [-0.2, 0) is 17.1 Å². The Labute approximate surface area is 106 Å². The minimum atomic E-state index is 0. The fraction of sp³-hybridized carbons (Fsp3) is 0.125. The summed E-state index contributed by atoms with van der Waals surface area (Å²) < 4.78 is 4.83. The van der Waals surface area contributed by atoms with Gasteiger partial charge in [-0.1, -0.05) is 6.07 Å². The second-order valence-electron chi connectivity index (χ2n) is 2.04. The average Bonchev–Trinajstić information content (AvgIpc) is 2.05. The molecular formula is C8H9Cl2MnNO2. The number of benzene rings is 1. The monoisotopic (exact) mass is 276 g/mol. The molecule has 1 radical (unpaired) electrons. The van der Waals surface area contributed by atoms with Gasteiger partial charge in [0.05, 0.1) is 7.11 Å². The molecule has 0 aliphatic rings. The maximum atomic E-state index is 9.31. The van der Waals surface area contributed by atoms with Crippen molar-refractivity contribution in [2.45, 2.75) is 0 Å². The Morgan fingerprint density at radius 1 is 1.36 bits per heavy atom. The van der Waals surface area contributed by atoms with Crippen LogP contribution < -0.4 is 29.6 Å². The van der Waals surface area contributed by atoms with Crippen molar-refractivity contribution in [1.29, 1.82) is 5.41 Å². The summed E-state index contributed by atoms with van der Waals surface area (Å²) in [6.07, 6.45) is 1.08. The van der Waals surface area contributed by atoms with E-state index in [0.717, 1.165) is 6.21 Å². The molecular weight excluding hydrogens is 268 g/mol. The smallest absolute Gasteiger partial charge is 1.00 e. The number of hydrogen-bond acceptors (Lipinski definition) is 3. The van der Waals surface area contributed by atoms with E-state index in [9.17, 15) is 5.11 Å². The van der Waals surface area contributed by atoms with E-state index in [0.29, 0.717) is 11.3 Å². The number of methoxy groups -OCH3 is 1. The van der Waals surface area contributed by atoms with Crippen molar-refractivity contribution in [1.82, 2.24) is 0 Å². The van der Waals surface area contributed by atoms with Crippen LogP contribution in [0.1, 0.15) is 5.56 Å². The van der Waals surface area contributed by atoms with Crippen LogP contribution in [0.25, 0.3) is 0 Å². The average molecular weight is 277 g/mol. The van der Waals surface area contributed by atoms with E-state index in [1.807, 2.05) is 0 Å². The normalized spacial score (nSPS) is 7.21. The number of phenols is 1. The predicted molar refractivity (Wildman–Crippen MR) is 42.5 cm³/mol. The van der Waals surface area contributed by atoms with E-state index in [1.54, 1.807) is 18.2 Å². The summed E-state index contributed by atoms with van der Waals surface area (Å²) in [5.74, 6) is 0.413. The predicted octanol–water partition coefficient (Wildman–Crippen LogP) is -4.60. The van der Waals surface area contributed by atoms with Gasteiger partial charge in [-0.2, -0.15) is 0 Å². The first-order chi connectivity index (χ1) is 5.29. The van der Waals surface area contributed by atoms with Crippen LogP contribution in [0.2, 0.25) is 0 Å². The summed E-state index contributed by atoms with van der Waals surface area (Å²) in [7, 11) is 1.47. The van der Waals surface area contributed by atoms with Gasteiger partial charge in [-0.05, 0) is 12.1 Å². The van der Waals surface area contributed by atoms with Crippen molar-refractivity contribution in [2.75, 3.05) is 7.11 Å². The van der Waals surface area contributed by atoms with Gasteiger partial charge in [-0.15, -0.1) is 0 Å². The summed E-state index contributed by atoms with van der Waals surface area (Å²) >= 11 is 0. The van der Waals surface area contributed by atoms with Crippen molar-refractivity contribution in [2.24, 2.45) is 0 Å². The zero-order valence-electron chi connectivity index (χ0n) is 7.30. The zero-order valence-corrected chi connectivity index (χ0v) is 9.99. The second-order valence-corrected chi connectivity index (χ2v) is 2.04. The quantitative estimate of drug-likeness (QED) is 0.422. The molecule has 6 heteroatoms. The Kier molecular flexibility index (Phi) is 12.6. The van der Waals surface area contributed by atoms with Crippen molar-refractivity contribution >= 4 is 6.21 Å². The SMILES string of the molecule is COc1cccc(C=N)c1O.[Cl-].[Cl-].[Mn+2]. The molecule has 0 spiro atoms. The Balaban J connectivity index is -0.000000403. The molecule has 14 heavy (non-hydrogen) atoms. The molecule has 1 aromatic carbocycles. The van der Waals surface area contributed by atoms with Crippen LogP contribution >= 0.6 is 0 Å². The Bertz CT molecular complexity index is 284. The molecule has 0 heterocycles. The Morgan fingerprint density at radius 3 is 2.36 bits per heavy atom. The molecule has 0 unspecified atom stereocenters.